The van der Waals surface area contributed by atoms with Crippen molar-refractivity contribution in [2.24, 2.45) is 5.73 Å². The second kappa shape index (κ2) is 5.10. The third-order valence-corrected chi connectivity index (χ3v) is 2.81. The quantitative estimate of drug-likeness (QED) is 0.856. The van der Waals surface area contributed by atoms with E-state index in [1.165, 1.54) is 0 Å². The first-order valence-electron chi connectivity index (χ1n) is 5.19. The van der Waals surface area contributed by atoms with E-state index in [0.717, 1.165) is 4.47 Å². The van der Waals surface area contributed by atoms with Crippen molar-refractivity contribution in [1.29, 1.82) is 0 Å². The third kappa shape index (κ3) is 2.81. The van der Waals surface area contributed by atoms with Gasteiger partial charge in [-0.15, -0.1) is 0 Å². The van der Waals surface area contributed by atoms with E-state index in [-0.39, 0.29) is 0 Å². The van der Waals surface area contributed by atoms with Crippen molar-refractivity contribution in [1.82, 2.24) is 0 Å². The van der Waals surface area contributed by atoms with Gasteiger partial charge in [-0.2, -0.15) is 0 Å². The smallest absolute Gasteiger partial charge is 0.248 e. The van der Waals surface area contributed by atoms with Crippen LogP contribution in [0.4, 0.5) is 5.69 Å². The fourth-order valence-electron chi connectivity index (χ4n) is 1.45. The largest absolute Gasteiger partial charge is 0.455 e. The van der Waals surface area contributed by atoms with E-state index in [4.69, 9.17) is 16.2 Å². The summed E-state index contributed by atoms with van der Waals surface area (Å²) in [5.41, 5.74) is 11.9. The maximum atomic E-state index is 11.1. The molecule has 18 heavy (non-hydrogen) atoms. The fourth-order valence-corrected chi connectivity index (χ4v) is 1.83. The topological polar surface area (TPSA) is 78.3 Å². The van der Waals surface area contributed by atoms with Crippen molar-refractivity contribution < 1.29 is 9.53 Å². The normalized spacial score (nSPS) is 10.1. The summed E-state index contributed by atoms with van der Waals surface area (Å²) in [5.74, 6) is 0.546. The van der Waals surface area contributed by atoms with Gasteiger partial charge in [0, 0.05) is 10.0 Å². The van der Waals surface area contributed by atoms with Crippen LogP contribution >= 0.6 is 15.9 Å². The van der Waals surface area contributed by atoms with Crippen LogP contribution in [0.2, 0.25) is 0 Å². The minimum absolute atomic E-state index is 0.392. The number of carbonyl (C=O) groups excluding carboxylic acids is 1. The highest BCUT2D eigenvalue weighted by Crippen LogP contribution is 2.30. The molecule has 0 aliphatic rings. The number of halogens is 1. The molecule has 0 fully saturated rings. The van der Waals surface area contributed by atoms with Crippen LogP contribution in [-0.4, -0.2) is 5.91 Å². The Kier molecular flexibility index (Phi) is 3.53. The molecule has 0 heterocycles. The van der Waals surface area contributed by atoms with E-state index >= 15 is 0 Å². The number of amides is 1. The van der Waals surface area contributed by atoms with Crippen LogP contribution in [0, 0.1) is 0 Å². The molecule has 0 bridgehead atoms. The molecule has 0 aliphatic carbocycles. The van der Waals surface area contributed by atoms with Gasteiger partial charge >= 0.3 is 0 Å². The molecule has 1 amide bonds. The highest BCUT2D eigenvalue weighted by atomic mass is 79.9. The van der Waals surface area contributed by atoms with Crippen LogP contribution < -0.4 is 16.2 Å². The summed E-state index contributed by atoms with van der Waals surface area (Å²) in [6.45, 7) is 0. The molecule has 0 radical (unpaired) electrons. The van der Waals surface area contributed by atoms with Crippen LogP contribution in [0.25, 0.3) is 0 Å². The number of rotatable bonds is 3. The van der Waals surface area contributed by atoms with Gasteiger partial charge < -0.3 is 16.2 Å². The van der Waals surface area contributed by atoms with Crippen LogP contribution in [0.5, 0.6) is 11.5 Å². The minimum atomic E-state index is -0.496. The van der Waals surface area contributed by atoms with Gasteiger partial charge in [-0.3, -0.25) is 4.79 Å². The summed E-state index contributed by atoms with van der Waals surface area (Å²) in [4.78, 5) is 11.1. The maximum absolute atomic E-state index is 11.1. The molecule has 4 nitrogen and oxygen atoms in total. The lowest BCUT2D eigenvalue weighted by Gasteiger charge is -2.09. The van der Waals surface area contributed by atoms with Gasteiger partial charge in [0.15, 0.2) is 0 Å². The van der Waals surface area contributed by atoms with E-state index in [9.17, 15) is 4.79 Å². The summed E-state index contributed by atoms with van der Waals surface area (Å²) in [6, 6.07) is 11.9. The molecule has 0 atom stereocenters. The Hall–Kier alpha value is -2.01. The number of primary amides is 1. The molecule has 4 N–H and O–H groups in total. The molecule has 0 saturated heterocycles. The van der Waals surface area contributed by atoms with E-state index in [1.54, 1.807) is 36.4 Å². The van der Waals surface area contributed by atoms with E-state index in [1.807, 2.05) is 6.07 Å². The Balaban J connectivity index is 2.28. The molecule has 92 valence electrons. The summed E-state index contributed by atoms with van der Waals surface area (Å²) < 4.78 is 6.47. The summed E-state index contributed by atoms with van der Waals surface area (Å²) >= 11 is 3.32. The molecule has 5 heteroatoms. The van der Waals surface area contributed by atoms with E-state index in [0.29, 0.717) is 22.7 Å². The second-order valence-electron chi connectivity index (χ2n) is 3.68. The average molecular weight is 307 g/mol. The lowest BCUT2D eigenvalue weighted by Crippen LogP contribution is -2.10. The highest BCUT2D eigenvalue weighted by molar-refractivity contribution is 9.10. The fraction of sp³-hybridized carbons (Fsp3) is 0. The SMILES string of the molecule is NC(=O)c1cccc(Oc2ccc(Br)cc2N)c1. The zero-order chi connectivity index (χ0) is 13.1. The van der Waals surface area contributed by atoms with E-state index in [2.05, 4.69) is 15.9 Å². The van der Waals surface area contributed by atoms with Crippen molar-refractivity contribution in [2.45, 2.75) is 0 Å². The monoisotopic (exact) mass is 306 g/mol. The van der Waals surface area contributed by atoms with Gasteiger partial charge in [-0.05, 0) is 36.4 Å². The van der Waals surface area contributed by atoms with Crippen molar-refractivity contribution >= 4 is 27.5 Å². The zero-order valence-electron chi connectivity index (χ0n) is 9.39. The molecule has 2 rings (SSSR count). The molecule has 0 saturated carbocycles. The first-order valence-corrected chi connectivity index (χ1v) is 5.98. The number of hydrogen-bond donors (Lipinski definition) is 2. The molecule has 0 spiro atoms. The van der Waals surface area contributed by atoms with Gasteiger partial charge in [0.2, 0.25) is 5.91 Å². The maximum Gasteiger partial charge on any atom is 0.248 e. The number of ether oxygens (including phenoxy) is 1. The van der Waals surface area contributed by atoms with Crippen molar-refractivity contribution in [3.8, 4) is 11.5 Å². The first-order chi connectivity index (χ1) is 8.56. The van der Waals surface area contributed by atoms with Crippen LogP contribution in [0.15, 0.2) is 46.9 Å². The Morgan fingerprint density at radius 1 is 1.17 bits per heavy atom. The summed E-state index contributed by atoms with van der Waals surface area (Å²) in [6.07, 6.45) is 0. The van der Waals surface area contributed by atoms with Gasteiger partial charge in [0.05, 0.1) is 5.69 Å². The zero-order valence-corrected chi connectivity index (χ0v) is 11.0. The molecule has 0 aromatic heterocycles. The van der Waals surface area contributed by atoms with Crippen molar-refractivity contribution in [3.63, 3.8) is 0 Å². The van der Waals surface area contributed by atoms with E-state index < -0.39 is 5.91 Å². The van der Waals surface area contributed by atoms with Gasteiger partial charge in [0.25, 0.3) is 0 Å². The van der Waals surface area contributed by atoms with Gasteiger partial charge in [0.1, 0.15) is 11.5 Å². The lowest BCUT2D eigenvalue weighted by atomic mass is 10.2. The molecule has 0 unspecified atom stereocenters. The number of nitrogen functional groups attached to an aromatic ring is 1. The second-order valence-corrected chi connectivity index (χ2v) is 4.59. The number of hydrogen-bond acceptors (Lipinski definition) is 3. The third-order valence-electron chi connectivity index (χ3n) is 2.32. The molecule has 0 aliphatic heterocycles. The molecular weight excluding hydrogens is 296 g/mol. The van der Waals surface area contributed by atoms with Crippen molar-refractivity contribution in [2.75, 3.05) is 5.73 Å². The van der Waals surface area contributed by atoms with Gasteiger partial charge in [-0.1, -0.05) is 22.0 Å². The molecule has 2 aromatic carbocycles. The number of carbonyl (C=O) groups is 1. The van der Waals surface area contributed by atoms with Crippen LogP contribution in [-0.2, 0) is 0 Å². The Labute approximate surface area is 113 Å². The summed E-state index contributed by atoms with van der Waals surface area (Å²) in [7, 11) is 0. The predicted octanol–water partition coefficient (Wildman–Crippen LogP) is 2.92. The van der Waals surface area contributed by atoms with Crippen LogP contribution in [0.1, 0.15) is 10.4 Å². The Morgan fingerprint density at radius 2 is 1.94 bits per heavy atom. The Bertz CT molecular complexity index is 599. The first kappa shape index (κ1) is 12.4. The molecular formula is C13H11BrN2O2. The lowest BCUT2D eigenvalue weighted by molar-refractivity contribution is 0.1000. The average Bonchev–Trinajstić information content (AvgIpc) is 2.33. The number of benzene rings is 2. The number of nitrogens with two attached hydrogens (primary N) is 2. The summed E-state index contributed by atoms with van der Waals surface area (Å²) in [5, 5.41) is 0. The van der Waals surface area contributed by atoms with Crippen molar-refractivity contribution in [3.05, 3.63) is 52.5 Å². The number of anilines is 1. The highest BCUT2D eigenvalue weighted by Gasteiger charge is 2.05. The predicted molar refractivity (Wildman–Crippen MR) is 73.6 cm³/mol. The Morgan fingerprint density at radius 3 is 2.61 bits per heavy atom. The molecule has 2 aromatic rings. The van der Waals surface area contributed by atoms with Gasteiger partial charge in [-0.25, -0.2) is 0 Å². The standard InChI is InChI=1S/C13H11BrN2O2/c14-9-4-5-12(11(15)7-9)18-10-3-1-2-8(6-10)13(16)17/h1-7H,15H2,(H2,16,17). The van der Waals surface area contributed by atoms with Crippen LogP contribution in [0.3, 0.4) is 0 Å². The minimum Gasteiger partial charge on any atom is -0.455 e.